The van der Waals surface area contributed by atoms with Gasteiger partial charge in [-0.05, 0) is 19.9 Å². The minimum Gasteiger partial charge on any atom is -0.312 e. The number of hydrogen-bond acceptors (Lipinski definition) is 4. The van der Waals surface area contributed by atoms with Gasteiger partial charge in [0.1, 0.15) is 5.00 Å². The highest BCUT2D eigenvalue weighted by atomic mass is 32.1. The zero-order valence-corrected chi connectivity index (χ0v) is 10.9. The number of hydrogen-bond donors (Lipinski definition) is 1. The van der Waals surface area contributed by atoms with Gasteiger partial charge in [0.25, 0.3) is 5.91 Å². The van der Waals surface area contributed by atoms with Gasteiger partial charge in [0.15, 0.2) is 5.78 Å². The van der Waals surface area contributed by atoms with Gasteiger partial charge in [-0.2, -0.15) is 0 Å². The number of nitrogens with one attached hydrogen (secondary N) is 1. The first-order valence-corrected chi connectivity index (χ1v) is 6.29. The number of thiazole rings is 1. The third-order valence-corrected chi connectivity index (χ3v) is 3.37. The van der Waals surface area contributed by atoms with Crippen molar-refractivity contribution in [2.45, 2.75) is 13.8 Å². The number of ketones is 1. The Morgan fingerprint density at radius 3 is 2.44 bits per heavy atom. The smallest absolute Gasteiger partial charge is 0.257 e. The molecule has 0 aliphatic carbocycles. The van der Waals surface area contributed by atoms with E-state index in [1.807, 2.05) is 6.92 Å². The second-order valence-corrected chi connectivity index (χ2v) is 4.68. The van der Waals surface area contributed by atoms with E-state index < -0.39 is 0 Å². The fraction of sp³-hybridized carbons (Fsp3) is 0.154. The Hall–Kier alpha value is -2.01. The van der Waals surface area contributed by atoms with Crippen LogP contribution in [0.15, 0.2) is 29.8 Å². The predicted molar refractivity (Wildman–Crippen MR) is 71.3 cm³/mol. The number of amides is 1. The first kappa shape index (κ1) is 12.4. The molecule has 0 aliphatic heterocycles. The van der Waals surface area contributed by atoms with Gasteiger partial charge in [-0.15, -0.1) is 11.3 Å². The average Bonchev–Trinajstić information content (AvgIpc) is 2.75. The number of benzene rings is 1. The van der Waals surface area contributed by atoms with E-state index >= 15 is 0 Å². The Kier molecular flexibility index (Phi) is 3.53. The van der Waals surface area contributed by atoms with Crippen molar-refractivity contribution in [1.29, 1.82) is 0 Å². The number of aromatic nitrogens is 1. The number of carbonyl (C=O) groups is 2. The summed E-state index contributed by atoms with van der Waals surface area (Å²) in [6, 6.07) is 6.77. The quantitative estimate of drug-likeness (QED) is 0.863. The molecule has 0 saturated carbocycles. The molecule has 4 nitrogen and oxygen atoms in total. The lowest BCUT2D eigenvalue weighted by atomic mass is 10.0. The molecule has 0 spiro atoms. The highest BCUT2D eigenvalue weighted by Gasteiger charge is 2.15. The summed E-state index contributed by atoms with van der Waals surface area (Å²) in [6.07, 6.45) is 0. The summed E-state index contributed by atoms with van der Waals surface area (Å²) in [7, 11) is 0. The summed E-state index contributed by atoms with van der Waals surface area (Å²) >= 11 is 1.36. The van der Waals surface area contributed by atoms with E-state index in [0.717, 1.165) is 5.69 Å². The van der Waals surface area contributed by atoms with Crippen molar-refractivity contribution in [2.24, 2.45) is 0 Å². The lowest BCUT2D eigenvalue weighted by Gasteiger charge is -2.07. The molecule has 0 aliphatic rings. The number of nitrogens with zero attached hydrogens (tertiary/aromatic N) is 1. The van der Waals surface area contributed by atoms with Crippen molar-refractivity contribution in [3.8, 4) is 0 Å². The van der Waals surface area contributed by atoms with Gasteiger partial charge in [0.2, 0.25) is 0 Å². The van der Waals surface area contributed by atoms with Crippen molar-refractivity contribution in [2.75, 3.05) is 5.32 Å². The molecule has 0 fully saturated rings. The highest BCUT2D eigenvalue weighted by molar-refractivity contribution is 7.14. The Morgan fingerprint density at radius 1 is 1.22 bits per heavy atom. The molecule has 0 bridgehead atoms. The van der Waals surface area contributed by atoms with Crippen molar-refractivity contribution in [1.82, 2.24) is 4.98 Å². The van der Waals surface area contributed by atoms with E-state index in [2.05, 4.69) is 10.3 Å². The highest BCUT2D eigenvalue weighted by Crippen LogP contribution is 2.20. The first-order valence-electron chi connectivity index (χ1n) is 5.41. The molecular weight excluding hydrogens is 248 g/mol. The molecule has 0 unspecified atom stereocenters. The van der Waals surface area contributed by atoms with E-state index in [1.165, 1.54) is 18.3 Å². The summed E-state index contributed by atoms with van der Waals surface area (Å²) < 4.78 is 0. The molecule has 2 rings (SSSR count). The molecule has 1 aromatic carbocycles. The minimum absolute atomic E-state index is 0.123. The maximum Gasteiger partial charge on any atom is 0.257 e. The third kappa shape index (κ3) is 2.46. The van der Waals surface area contributed by atoms with Crippen LogP contribution in [0.5, 0.6) is 0 Å². The number of carbonyl (C=O) groups excluding carboxylic acids is 2. The van der Waals surface area contributed by atoms with Crippen LogP contribution < -0.4 is 5.32 Å². The van der Waals surface area contributed by atoms with Crippen LogP contribution in [0.25, 0.3) is 0 Å². The van der Waals surface area contributed by atoms with Crippen molar-refractivity contribution < 1.29 is 9.59 Å². The van der Waals surface area contributed by atoms with Gasteiger partial charge in [0, 0.05) is 5.56 Å². The van der Waals surface area contributed by atoms with Gasteiger partial charge < -0.3 is 5.32 Å². The lowest BCUT2D eigenvalue weighted by molar-refractivity contribution is 0.0985. The number of rotatable bonds is 3. The minimum atomic E-state index is -0.284. The second kappa shape index (κ2) is 5.10. The first-order chi connectivity index (χ1) is 8.59. The van der Waals surface area contributed by atoms with E-state index in [4.69, 9.17) is 0 Å². The summed E-state index contributed by atoms with van der Waals surface area (Å²) in [5.74, 6) is -0.407. The van der Waals surface area contributed by atoms with Crippen LogP contribution in [0.3, 0.4) is 0 Å². The predicted octanol–water partition coefficient (Wildman–Crippen LogP) is 2.91. The molecule has 5 heteroatoms. The van der Waals surface area contributed by atoms with E-state index in [0.29, 0.717) is 16.1 Å². The van der Waals surface area contributed by atoms with Crippen LogP contribution in [-0.4, -0.2) is 16.7 Å². The van der Waals surface area contributed by atoms with E-state index in [9.17, 15) is 9.59 Å². The molecule has 0 atom stereocenters. The van der Waals surface area contributed by atoms with Crippen molar-refractivity contribution in [3.05, 3.63) is 46.6 Å². The molecule has 92 valence electrons. The zero-order valence-electron chi connectivity index (χ0n) is 10.1. The molecule has 0 saturated heterocycles. The maximum atomic E-state index is 12.1. The van der Waals surface area contributed by atoms with Crippen LogP contribution in [0.1, 0.15) is 33.3 Å². The van der Waals surface area contributed by atoms with Gasteiger partial charge in [-0.1, -0.05) is 18.2 Å². The summed E-state index contributed by atoms with van der Waals surface area (Å²) in [5.41, 5.74) is 3.26. The van der Waals surface area contributed by atoms with Crippen molar-refractivity contribution >= 4 is 28.0 Å². The van der Waals surface area contributed by atoms with Gasteiger partial charge >= 0.3 is 0 Å². The van der Waals surface area contributed by atoms with Crippen LogP contribution in [0, 0.1) is 6.92 Å². The maximum absolute atomic E-state index is 12.1. The second-order valence-electron chi connectivity index (χ2n) is 3.82. The average molecular weight is 260 g/mol. The lowest BCUT2D eigenvalue weighted by Crippen LogP contribution is -2.15. The van der Waals surface area contributed by atoms with Gasteiger partial charge in [-0.25, -0.2) is 4.98 Å². The normalized spacial score (nSPS) is 10.1. The molecule has 1 amide bonds. The van der Waals surface area contributed by atoms with Crippen molar-refractivity contribution in [3.63, 3.8) is 0 Å². The fourth-order valence-electron chi connectivity index (χ4n) is 1.58. The monoisotopic (exact) mass is 260 g/mol. The third-order valence-electron chi connectivity index (χ3n) is 2.52. The number of aryl methyl sites for hydroxylation is 1. The number of Topliss-reactive ketones (excluding diaryl/α,β-unsaturated/α-hetero) is 1. The largest absolute Gasteiger partial charge is 0.312 e. The molecule has 2 aromatic rings. The van der Waals surface area contributed by atoms with Crippen LogP contribution in [0.4, 0.5) is 5.00 Å². The topological polar surface area (TPSA) is 59.1 Å². The number of anilines is 1. The zero-order chi connectivity index (χ0) is 13.1. The molecule has 1 heterocycles. The molecule has 0 radical (unpaired) electrons. The van der Waals surface area contributed by atoms with E-state index in [-0.39, 0.29) is 11.7 Å². The van der Waals surface area contributed by atoms with Crippen LogP contribution >= 0.6 is 11.3 Å². The molecular formula is C13H12N2O2S. The van der Waals surface area contributed by atoms with Crippen LogP contribution in [-0.2, 0) is 0 Å². The summed E-state index contributed by atoms with van der Waals surface area (Å²) in [6.45, 7) is 3.27. The molecule has 1 N–H and O–H groups in total. The Morgan fingerprint density at radius 2 is 1.89 bits per heavy atom. The van der Waals surface area contributed by atoms with Gasteiger partial charge in [-0.3, -0.25) is 9.59 Å². The van der Waals surface area contributed by atoms with E-state index in [1.54, 1.807) is 29.8 Å². The summed E-state index contributed by atoms with van der Waals surface area (Å²) in [4.78, 5) is 27.6. The van der Waals surface area contributed by atoms with Gasteiger partial charge in [0.05, 0.1) is 16.8 Å². The van der Waals surface area contributed by atoms with Crippen LogP contribution in [0.2, 0.25) is 0 Å². The Balaban J connectivity index is 2.30. The SMILES string of the molecule is CC(=O)c1ccccc1C(=O)Nc1scnc1C. The standard InChI is InChI=1S/C13H12N2O2S/c1-8-13(18-7-14-8)15-12(17)11-6-4-3-5-10(11)9(2)16/h3-7H,1-2H3,(H,15,17). The fourth-order valence-corrected chi connectivity index (χ4v) is 2.27. The molecule has 18 heavy (non-hydrogen) atoms. The Labute approximate surface area is 109 Å². The Bertz CT molecular complexity index is 605. The molecule has 1 aromatic heterocycles. The summed E-state index contributed by atoms with van der Waals surface area (Å²) in [5, 5.41) is 3.47.